The first-order valence-corrected chi connectivity index (χ1v) is 9.11. The fourth-order valence-electron chi connectivity index (χ4n) is 1.63. The number of rotatable bonds is 8. The lowest BCUT2D eigenvalue weighted by atomic mass is 9.89. The van der Waals surface area contributed by atoms with Crippen LogP contribution < -0.4 is 0 Å². The Balaban J connectivity index is 2.52. The zero-order chi connectivity index (χ0) is 17.6. The van der Waals surface area contributed by atoms with Crippen LogP contribution in [-0.4, -0.2) is 39.9 Å². The van der Waals surface area contributed by atoms with Gasteiger partial charge < -0.3 is 5.11 Å². The van der Waals surface area contributed by atoms with E-state index in [1.807, 2.05) is 20.8 Å². The van der Waals surface area contributed by atoms with Gasteiger partial charge in [-0.05, 0) is 0 Å². The van der Waals surface area contributed by atoms with Crippen LogP contribution >= 0.6 is 23.5 Å². The van der Waals surface area contributed by atoms with E-state index in [0.29, 0.717) is 17.1 Å². The maximum Gasteiger partial charge on any atom is 0.304 e. The van der Waals surface area contributed by atoms with E-state index < -0.39 is 11.4 Å². The van der Waals surface area contributed by atoms with Crippen molar-refractivity contribution in [2.75, 3.05) is 11.5 Å². The Morgan fingerprint density at radius 1 is 0.957 bits per heavy atom. The summed E-state index contributed by atoms with van der Waals surface area (Å²) in [5.74, 6) is -0.684. The molecule has 0 aliphatic heterocycles. The first kappa shape index (κ1) is 19.7. The number of ketones is 3. The molecule has 5 nitrogen and oxygen atoms in total. The van der Waals surface area contributed by atoms with Crippen molar-refractivity contribution in [2.24, 2.45) is 5.41 Å². The fourth-order valence-corrected chi connectivity index (χ4v) is 3.41. The predicted molar refractivity (Wildman–Crippen MR) is 92.4 cm³/mol. The van der Waals surface area contributed by atoms with Gasteiger partial charge in [-0.15, -0.1) is 23.5 Å². The lowest BCUT2D eigenvalue weighted by molar-refractivity contribution is -0.136. The van der Waals surface area contributed by atoms with Gasteiger partial charge >= 0.3 is 5.97 Å². The summed E-state index contributed by atoms with van der Waals surface area (Å²) in [5, 5.41) is 8.57. The molecule has 0 saturated heterocycles. The predicted octanol–water partition coefficient (Wildman–Crippen LogP) is 2.85. The number of hydrogen-bond acceptors (Lipinski definition) is 6. The number of allylic oxidation sites excluding steroid dienone is 4. The van der Waals surface area contributed by atoms with Crippen LogP contribution in [0.1, 0.15) is 33.6 Å². The average molecular weight is 356 g/mol. The topological polar surface area (TPSA) is 88.5 Å². The largest absolute Gasteiger partial charge is 0.481 e. The molecule has 0 heterocycles. The van der Waals surface area contributed by atoms with Crippen molar-refractivity contribution in [1.29, 1.82) is 0 Å². The molecule has 7 heteroatoms. The Kier molecular flexibility index (Phi) is 7.28. The van der Waals surface area contributed by atoms with Gasteiger partial charge in [0.1, 0.15) is 5.78 Å². The summed E-state index contributed by atoms with van der Waals surface area (Å²) in [7, 11) is 0. The first-order valence-electron chi connectivity index (χ1n) is 7.14. The van der Waals surface area contributed by atoms with Gasteiger partial charge in [0.05, 0.1) is 16.2 Å². The number of carboxylic acid groups (broad SMARTS) is 1. The molecular weight excluding hydrogens is 336 g/mol. The third-order valence-electron chi connectivity index (χ3n) is 3.01. The van der Waals surface area contributed by atoms with Gasteiger partial charge in [0, 0.05) is 35.5 Å². The molecule has 0 aromatic carbocycles. The summed E-state index contributed by atoms with van der Waals surface area (Å²) in [4.78, 5) is 46.8. The van der Waals surface area contributed by atoms with Crippen LogP contribution in [-0.2, 0) is 19.2 Å². The Bertz CT molecular complexity index is 582. The second-order valence-corrected chi connectivity index (χ2v) is 8.28. The molecule has 1 aliphatic carbocycles. The number of hydrogen-bond donors (Lipinski definition) is 1. The molecule has 1 N–H and O–H groups in total. The first-order chi connectivity index (χ1) is 10.6. The molecule has 0 spiro atoms. The van der Waals surface area contributed by atoms with Gasteiger partial charge in [0.2, 0.25) is 0 Å². The van der Waals surface area contributed by atoms with E-state index >= 15 is 0 Å². The van der Waals surface area contributed by atoms with Crippen molar-refractivity contribution in [3.63, 3.8) is 0 Å². The highest BCUT2D eigenvalue weighted by atomic mass is 32.2. The third-order valence-corrected chi connectivity index (χ3v) is 5.08. The number of carbonyl (C=O) groups is 4. The average Bonchev–Trinajstić information content (AvgIpc) is 2.42. The highest BCUT2D eigenvalue weighted by molar-refractivity contribution is 8.04. The lowest BCUT2D eigenvalue weighted by Gasteiger charge is -2.16. The Morgan fingerprint density at radius 3 is 1.78 bits per heavy atom. The smallest absolute Gasteiger partial charge is 0.304 e. The second-order valence-electron chi connectivity index (χ2n) is 6.01. The summed E-state index contributed by atoms with van der Waals surface area (Å²) >= 11 is 2.28. The molecule has 0 saturated carbocycles. The van der Waals surface area contributed by atoms with Crippen LogP contribution in [0.15, 0.2) is 22.0 Å². The zero-order valence-corrected chi connectivity index (χ0v) is 15.0. The van der Waals surface area contributed by atoms with E-state index in [9.17, 15) is 19.2 Å². The third kappa shape index (κ3) is 6.74. The van der Waals surface area contributed by atoms with Gasteiger partial charge in [-0.3, -0.25) is 19.2 Å². The van der Waals surface area contributed by atoms with Gasteiger partial charge in [-0.2, -0.15) is 0 Å². The van der Waals surface area contributed by atoms with Crippen molar-refractivity contribution in [3.05, 3.63) is 22.0 Å². The second kappa shape index (κ2) is 8.49. The molecule has 0 bridgehead atoms. The molecular formula is C16H20O5S2. The quantitative estimate of drug-likeness (QED) is 0.669. The highest BCUT2D eigenvalue weighted by Gasteiger charge is 2.23. The minimum absolute atomic E-state index is 0.0658. The number of Topliss-reactive ketones (excluding diaryl/α,β-unsaturated/α-hetero) is 1. The number of carboxylic acids is 1. The Hall–Kier alpha value is -1.34. The van der Waals surface area contributed by atoms with Gasteiger partial charge in [-0.25, -0.2) is 0 Å². The summed E-state index contributed by atoms with van der Waals surface area (Å²) in [6.07, 6.45) is 2.81. The van der Waals surface area contributed by atoms with E-state index in [4.69, 9.17) is 5.11 Å². The van der Waals surface area contributed by atoms with Crippen molar-refractivity contribution in [1.82, 2.24) is 0 Å². The van der Waals surface area contributed by atoms with Crippen molar-refractivity contribution >= 4 is 46.8 Å². The maximum atomic E-state index is 12.0. The molecule has 0 fully saturated rings. The van der Waals surface area contributed by atoms with E-state index in [1.165, 1.54) is 23.9 Å². The van der Waals surface area contributed by atoms with Crippen LogP contribution in [0.5, 0.6) is 0 Å². The van der Waals surface area contributed by atoms with Gasteiger partial charge in [0.25, 0.3) is 0 Å². The summed E-state index contributed by atoms with van der Waals surface area (Å²) in [5.41, 5.74) is -0.408. The molecule has 0 aromatic rings. The number of aliphatic carboxylic acids is 1. The lowest BCUT2D eigenvalue weighted by Crippen LogP contribution is -2.20. The zero-order valence-electron chi connectivity index (χ0n) is 13.4. The summed E-state index contributed by atoms with van der Waals surface area (Å²) < 4.78 is 0. The monoisotopic (exact) mass is 356 g/mol. The van der Waals surface area contributed by atoms with Crippen LogP contribution in [0.3, 0.4) is 0 Å². The normalized spacial score (nSPS) is 15.3. The van der Waals surface area contributed by atoms with E-state index in [0.717, 1.165) is 11.8 Å². The molecule has 23 heavy (non-hydrogen) atoms. The SMILES string of the molecule is CC(C)(C)C(=O)CCSC1=CC(=O)C(SCCC(=O)O)=CC1=O. The van der Waals surface area contributed by atoms with E-state index in [2.05, 4.69) is 0 Å². The van der Waals surface area contributed by atoms with Crippen LogP contribution in [0.25, 0.3) is 0 Å². The van der Waals surface area contributed by atoms with Crippen LogP contribution in [0, 0.1) is 5.41 Å². The molecule has 1 rings (SSSR count). The molecule has 0 amide bonds. The molecule has 0 atom stereocenters. The number of carbonyl (C=O) groups excluding carboxylic acids is 3. The van der Waals surface area contributed by atoms with Gasteiger partial charge in [-0.1, -0.05) is 20.8 Å². The molecule has 0 unspecified atom stereocenters. The summed E-state index contributed by atoms with van der Waals surface area (Å²) in [6, 6.07) is 0. The van der Waals surface area contributed by atoms with E-state index in [1.54, 1.807) is 0 Å². The van der Waals surface area contributed by atoms with E-state index in [-0.39, 0.29) is 34.4 Å². The van der Waals surface area contributed by atoms with Gasteiger partial charge in [0.15, 0.2) is 11.6 Å². The highest BCUT2D eigenvalue weighted by Crippen LogP contribution is 2.29. The minimum atomic E-state index is -0.942. The van der Waals surface area contributed by atoms with Crippen LogP contribution in [0.2, 0.25) is 0 Å². The fraction of sp³-hybridized carbons (Fsp3) is 0.500. The molecule has 1 aliphatic rings. The minimum Gasteiger partial charge on any atom is -0.481 e. The molecule has 0 radical (unpaired) electrons. The summed E-state index contributed by atoms with van der Waals surface area (Å²) in [6.45, 7) is 5.54. The number of thioether (sulfide) groups is 2. The van der Waals surface area contributed by atoms with Crippen LogP contribution in [0.4, 0.5) is 0 Å². The maximum absolute atomic E-state index is 12.0. The van der Waals surface area contributed by atoms with Crippen molar-refractivity contribution in [3.8, 4) is 0 Å². The van der Waals surface area contributed by atoms with Crippen molar-refractivity contribution in [2.45, 2.75) is 33.6 Å². The Morgan fingerprint density at radius 2 is 1.39 bits per heavy atom. The standard InChI is InChI=1S/C16H20O5S2/c1-16(2,3)14(19)4-6-22-12-8-11(18)13(9-10(12)17)23-7-5-15(20)21/h8-9H,4-7H2,1-3H3,(H,20,21). The van der Waals surface area contributed by atoms with Crippen molar-refractivity contribution < 1.29 is 24.3 Å². The molecule has 0 aromatic heterocycles. The Labute approximate surface area is 144 Å². The molecule has 126 valence electrons.